The van der Waals surface area contributed by atoms with Gasteiger partial charge in [-0.1, -0.05) is 30.3 Å². The second-order valence-corrected chi connectivity index (χ2v) is 9.08. The molecule has 2 heterocycles. The van der Waals surface area contributed by atoms with Crippen molar-refractivity contribution in [2.75, 3.05) is 19.6 Å². The average molecular weight is 403 g/mol. The van der Waals surface area contributed by atoms with Crippen LogP contribution in [0.15, 0.2) is 47.4 Å². The molecule has 3 atom stereocenters. The molecule has 2 amide bonds. The lowest BCUT2D eigenvalue weighted by atomic mass is 10.0. The van der Waals surface area contributed by atoms with Gasteiger partial charge in [-0.05, 0) is 29.8 Å². The summed E-state index contributed by atoms with van der Waals surface area (Å²) >= 11 is 0. The van der Waals surface area contributed by atoms with Crippen molar-refractivity contribution in [3.05, 3.63) is 42.5 Å². The highest BCUT2D eigenvalue weighted by Crippen LogP contribution is 2.25. The van der Waals surface area contributed by atoms with Crippen LogP contribution in [-0.2, 0) is 19.6 Å². The predicted octanol–water partition coefficient (Wildman–Crippen LogP) is -0.0795. The number of nitrogens with zero attached hydrogens (tertiary/aromatic N) is 2. The number of aliphatic hydroxyl groups is 1. The number of carbonyl (C=O) groups excluding carboxylic acids is 2. The van der Waals surface area contributed by atoms with E-state index in [1.54, 1.807) is 18.2 Å². The van der Waals surface area contributed by atoms with Crippen molar-refractivity contribution in [2.24, 2.45) is 0 Å². The first-order valence-corrected chi connectivity index (χ1v) is 10.5. The Balaban J connectivity index is 1.60. The highest BCUT2D eigenvalue weighted by molar-refractivity contribution is 7.89. The van der Waals surface area contributed by atoms with Crippen LogP contribution >= 0.6 is 0 Å². The zero-order valence-electron chi connectivity index (χ0n) is 15.3. The fourth-order valence-electron chi connectivity index (χ4n) is 3.76. The highest BCUT2D eigenvalue weighted by atomic mass is 32.2. The van der Waals surface area contributed by atoms with Gasteiger partial charge in [0.2, 0.25) is 21.8 Å². The van der Waals surface area contributed by atoms with Gasteiger partial charge in [0.05, 0.1) is 11.0 Å². The van der Waals surface area contributed by atoms with Gasteiger partial charge in [-0.2, -0.15) is 4.31 Å². The van der Waals surface area contributed by atoms with E-state index in [1.165, 1.54) is 16.1 Å². The van der Waals surface area contributed by atoms with Gasteiger partial charge in [0, 0.05) is 19.6 Å². The minimum atomic E-state index is -3.81. The molecule has 2 aliphatic rings. The minimum absolute atomic E-state index is 0.0945. The number of hydrogen-bond acceptors (Lipinski definition) is 5. The number of amides is 2. The molecule has 0 aromatic heterocycles. The molecular weight excluding hydrogens is 382 g/mol. The maximum absolute atomic E-state index is 13.1. The quantitative estimate of drug-likeness (QED) is 0.746. The number of hydrogen-bond donors (Lipinski definition) is 2. The van der Waals surface area contributed by atoms with E-state index in [4.69, 9.17) is 0 Å². The zero-order chi connectivity index (χ0) is 20.1. The van der Waals surface area contributed by atoms with E-state index < -0.39 is 34.1 Å². The van der Waals surface area contributed by atoms with E-state index in [0.717, 1.165) is 10.8 Å². The molecule has 28 heavy (non-hydrogen) atoms. The number of benzene rings is 2. The first kappa shape index (κ1) is 18.9. The SMILES string of the molecule is C[C@@H](O)[C@@H]1NC(=O)[C@H]2CN(S(=O)(=O)c3ccc4ccccc4c3)CCN2C1=O. The first-order valence-electron chi connectivity index (χ1n) is 9.07. The Kier molecular flexibility index (Phi) is 4.60. The molecule has 2 N–H and O–H groups in total. The number of nitrogens with one attached hydrogen (secondary N) is 1. The third-order valence-corrected chi connectivity index (χ3v) is 7.19. The number of sulfonamides is 1. The maximum atomic E-state index is 13.1. The number of fused-ring (bicyclic) bond motifs is 2. The van der Waals surface area contributed by atoms with Crippen LogP contribution in [0, 0.1) is 0 Å². The normalized spacial score (nSPS) is 24.7. The summed E-state index contributed by atoms with van der Waals surface area (Å²) in [6, 6.07) is 10.5. The molecule has 0 bridgehead atoms. The van der Waals surface area contributed by atoms with Crippen LogP contribution in [-0.4, -0.2) is 72.4 Å². The van der Waals surface area contributed by atoms with Crippen LogP contribution in [0.2, 0.25) is 0 Å². The van der Waals surface area contributed by atoms with Gasteiger partial charge in [0.25, 0.3) is 0 Å². The van der Waals surface area contributed by atoms with Crippen molar-refractivity contribution in [2.45, 2.75) is 30.0 Å². The monoisotopic (exact) mass is 403 g/mol. The fourth-order valence-corrected chi connectivity index (χ4v) is 5.23. The van der Waals surface area contributed by atoms with E-state index in [1.807, 2.05) is 24.3 Å². The van der Waals surface area contributed by atoms with Crippen molar-refractivity contribution in [3.63, 3.8) is 0 Å². The standard InChI is InChI=1S/C19H21N3O5S/c1-12(23)17-19(25)22-9-8-21(11-16(22)18(24)20-17)28(26,27)15-7-6-13-4-2-3-5-14(13)10-15/h2-7,10,12,16-17,23H,8-9,11H2,1H3,(H,20,24)/t12-,16-,17+/m1/s1. The van der Waals surface area contributed by atoms with Crippen molar-refractivity contribution in [1.82, 2.24) is 14.5 Å². The summed E-state index contributed by atoms with van der Waals surface area (Å²) in [5.74, 6) is -0.841. The summed E-state index contributed by atoms with van der Waals surface area (Å²) in [5.41, 5.74) is 0. The Morgan fingerprint density at radius 2 is 1.82 bits per heavy atom. The molecule has 9 heteroatoms. The van der Waals surface area contributed by atoms with Crippen molar-refractivity contribution in [3.8, 4) is 0 Å². The molecule has 148 valence electrons. The summed E-state index contributed by atoms with van der Waals surface area (Å²) in [6.45, 7) is 1.52. The van der Waals surface area contributed by atoms with Gasteiger partial charge in [-0.3, -0.25) is 9.59 Å². The molecule has 8 nitrogen and oxygen atoms in total. The van der Waals surface area contributed by atoms with Crippen LogP contribution < -0.4 is 5.32 Å². The van der Waals surface area contributed by atoms with Crippen molar-refractivity contribution >= 4 is 32.6 Å². The molecule has 0 spiro atoms. The molecular formula is C19H21N3O5S. The van der Waals surface area contributed by atoms with E-state index in [-0.39, 0.29) is 30.4 Å². The first-order chi connectivity index (χ1) is 13.3. The van der Waals surface area contributed by atoms with E-state index in [0.29, 0.717) is 0 Å². The molecule has 2 aliphatic heterocycles. The largest absolute Gasteiger partial charge is 0.391 e. The van der Waals surface area contributed by atoms with Gasteiger partial charge in [0.1, 0.15) is 12.1 Å². The number of aliphatic hydroxyl groups excluding tert-OH is 1. The van der Waals surface area contributed by atoms with Crippen LogP contribution in [0.4, 0.5) is 0 Å². The Labute approximate surface area is 162 Å². The summed E-state index contributed by atoms with van der Waals surface area (Å²) in [5, 5.41) is 14.0. The van der Waals surface area contributed by atoms with Crippen LogP contribution in [0.5, 0.6) is 0 Å². The van der Waals surface area contributed by atoms with Gasteiger partial charge in [-0.15, -0.1) is 0 Å². The molecule has 2 fully saturated rings. The molecule has 2 saturated heterocycles. The summed E-state index contributed by atoms with van der Waals surface area (Å²) in [6.07, 6.45) is -1.02. The van der Waals surface area contributed by atoms with Crippen LogP contribution in [0.1, 0.15) is 6.92 Å². The van der Waals surface area contributed by atoms with Gasteiger partial charge < -0.3 is 15.3 Å². The van der Waals surface area contributed by atoms with Gasteiger partial charge >= 0.3 is 0 Å². The van der Waals surface area contributed by atoms with Crippen molar-refractivity contribution < 1.29 is 23.1 Å². The Bertz CT molecular complexity index is 1050. The maximum Gasteiger partial charge on any atom is 0.248 e. The van der Waals surface area contributed by atoms with E-state index in [9.17, 15) is 23.1 Å². The molecule has 0 unspecified atom stereocenters. The van der Waals surface area contributed by atoms with Gasteiger partial charge in [0.15, 0.2) is 0 Å². The van der Waals surface area contributed by atoms with E-state index in [2.05, 4.69) is 5.32 Å². The van der Waals surface area contributed by atoms with E-state index >= 15 is 0 Å². The third kappa shape index (κ3) is 3.05. The van der Waals surface area contributed by atoms with Crippen LogP contribution in [0.3, 0.4) is 0 Å². The van der Waals surface area contributed by atoms with Gasteiger partial charge in [-0.25, -0.2) is 8.42 Å². The van der Waals surface area contributed by atoms with Crippen LogP contribution in [0.25, 0.3) is 10.8 Å². The topological polar surface area (TPSA) is 107 Å². The second kappa shape index (κ2) is 6.84. The lowest BCUT2D eigenvalue weighted by molar-refractivity contribution is -0.154. The smallest absolute Gasteiger partial charge is 0.248 e. The average Bonchev–Trinajstić information content (AvgIpc) is 2.69. The summed E-state index contributed by atoms with van der Waals surface area (Å²) in [7, 11) is -3.81. The molecule has 2 aromatic rings. The fraction of sp³-hybridized carbons (Fsp3) is 0.368. The molecule has 0 radical (unpaired) electrons. The molecule has 0 aliphatic carbocycles. The minimum Gasteiger partial charge on any atom is -0.391 e. The third-order valence-electron chi connectivity index (χ3n) is 5.33. The summed E-state index contributed by atoms with van der Waals surface area (Å²) < 4.78 is 27.5. The lowest BCUT2D eigenvalue weighted by Gasteiger charge is -2.45. The summed E-state index contributed by atoms with van der Waals surface area (Å²) in [4.78, 5) is 26.5. The molecule has 0 saturated carbocycles. The Morgan fingerprint density at radius 1 is 1.11 bits per heavy atom. The number of rotatable bonds is 3. The zero-order valence-corrected chi connectivity index (χ0v) is 16.1. The second-order valence-electron chi connectivity index (χ2n) is 7.15. The molecule has 2 aromatic carbocycles. The molecule has 4 rings (SSSR count). The Morgan fingerprint density at radius 3 is 2.54 bits per heavy atom. The van der Waals surface area contributed by atoms with Crippen molar-refractivity contribution in [1.29, 1.82) is 0 Å². The number of carbonyl (C=O) groups is 2. The Hall–Kier alpha value is -2.49. The lowest BCUT2D eigenvalue weighted by Crippen LogP contribution is -2.71. The number of piperazine rings is 2. The highest BCUT2D eigenvalue weighted by Gasteiger charge is 2.46. The predicted molar refractivity (Wildman–Crippen MR) is 102 cm³/mol.